The van der Waals surface area contributed by atoms with Crippen LogP contribution in [0.1, 0.15) is 11.1 Å². The van der Waals surface area contributed by atoms with E-state index in [1.54, 1.807) is 0 Å². The Morgan fingerprint density at radius 1 is 0.400 bits per heavy atom. The number of hydrogen-bond acceptors (Lipinski definition) is 0. The van der Waals surface area contributed by atoms with Crippen LogP contribution >= 0.6 is 0 Å². The average molecular weight is 383 g/mol. The lowest BCUT2D eigenvalue weighted by Crippen LogP contribution is -1.92. The van der Waals surface area contributed by atoms with Gasteiger partial charge in [-0.15, -0.1) is 0 Å². The zero-order valence-electron chi connectivity index (χ0n) is 17.2. The number of rotatable bonds is 2. The van der Waals surface area contributed by atoms with E-state index in [2.05, 4.69) is 111 Å². The van der Waals surface area contributed by atoms with Crippen LogP contribution in [-0.2, 0) is 0 Å². The fourth-order valence-corrected chi connectivity index (χ4v) is 5.06. The smallest absolute Gasteiger partial charge is 0.00206 e. The van der Waals surface area contributed by atoms with Crippen LogP contribution in [0.25, 0.3) is 54.6 Å². The predicted molar refractivity (Wildman–Crippen MR) is 130 cm³/mol. The fourth-order valence-electron chi connectivity index (χ4n) is 5.06. The third-order valence-electron chi connectivity index (χ3n) is 6.59. The average Bonchev–Trinajstić information content (AvgIpc) is 2.78. The van der Waals surface area contributed by atoms with Crippen molar-refractivity contribution in [2.24, 2.45) is 0 Å². The zero-order chi connectivity index (χ0) is 20.2. The molecule has 0 amide bonds. The van der Waals surface area contributed by atoms with Crippen LogP contribution in [0.4, 0.5) is 0 Å². The summed E-state index contributed by atoms with van der Waals surface area (Å²) in [6, 6.07) is 35.6. The SMILES string of the molecule is Cc1ccccc1-c1cccc(-c2ccc3ccc4cccc5ccc2c3c45)c1C. The maximum absolute atomic E-state index is 2.30. The van der Waals surface area contributed by atoms with Crippen molar-refractivity contribution in [1.29, 1.82) is 0 Å². The second kappa shape index (κ2) is 6.43. The molecule has 0 radical (unpaired) electrons. The topological polar surface area (TPSA) is 0 Å². The minimum atomic E-state index is 1.31. The molecule has 0 atom stereocenters. The lowest BCUT2D eigenvalue weighted by atomic mass is 9.86. The van der Waals surface area contributed by atoms with E-state index in [-0.39, 0.29) is 0 Å². The molecule has 0 N–H and O–H groups in total. The van der Waals surface area contributed by atoms with Gasteiger partial charge in [0.25, 0.3) is 0 Å². The molecule has 0 saturated carbocycles. The van der Waals surface area contributed by atoms with E-state index >= 15 is 0 Å². The first-order chi connectivity index (χ1) is 14.7. The lowest BCUT2D eigenvalue weighted by Gasteiger charge is -2.17. The molecule has 0 bridgehead atoms. The van der Waals surface area contributed by atoms with Gasteiger partial charge in [0.1, 0.15) is 0 Å². The lowest BCUT2D eigenvalue weighted by molar-refractivity contribution is 1.41. The van der Waals surface area contributed by atoms with E-state index in [1.807, 2.05) is 0 Å². The van der Waals surface area contributed by atoms with Crippen molar-refractivity contribution in [3.63, 3.8) is 0 Å². The van der Waals surface area contributed by atoms with Crippen molar-refractivity contribution in [2.45, 2.75) is 13.8 Å². The Kier molecular flexibility index (Phi) is 3.70. The summed E-state index contributed by atoms with van der Waals surface area (Å²) in [5, 5.41) is 8.03. The molecule has 0 aliphatic heterocycles. The molecule has 6 rings (SSSR count). The highest BCUT2D eigenvalue weighted by atomic mass is 14.2. The molecule has 0 saturated heterocycles. The molecule has 6 aromatic carbocycles. The first-order valence-corrected chi connectivity index (χ1v) is 10.5. The van der Waals surface area contributed by atoms with Gasteiger partial charge in [-0.3, -0.25) is 0 Å². The largest absolute Gasteiger partial charge is 0.0620 e. The summed E-state index contributed by atoms with van der Waals surface area (Å²) >= 11 is 0. The van der Waals surface area contributed by atoms with E-state index in [9.17, 15) is 0 Å². The highest BCUT2D eigenvalue weighted by Gasteiger charge is 2.15. The quantitative estimate of drug-likeness (QED) is 0.263. The van der Waals surface area contributed by atoms with E-state index in [4.69, 9.17) is 0 Å². The van der Waals surface area contributed by atoms with Crippen LogP contribution in [0, 0.1) is 13.8 Å². The second-order valence-electron chi connectivity index (χ2n) is 8.26. The Labute approximate surface area is 176 Å². The van der Waals surface area contributed by atoms with Gasteiger partial charge in [0, 0.05) is 0 Å². The molecule has 0 heterocycles. The van der Waals surface area contributed by atoms with E-state index < -0.39 is 0 Å². The summed E-state index contributed by atoms with van der Waals surface area (Å²) in [6.07, 6.45) is 0. The molecule has 0 aliphatic rings. The minimum Gasteiger partial charge on any atom is -0.0620 e. The molecule has 0 unspecified atom stereocenters. The molecule has 0 fully saturated rings. The second-order valence-corrected chi connectivity index (χ2v) is 8.26. The standard InChI is InChI=1S/C30H22/c1-19-7-3-4-10-24(19)25-11-6-12-26(20(25)2)27-17-15-23-14-13-21-8-5-9-22-16-18-28(27)30(23)29(21)22/h3-18H,1-2H3. The van der Waals surface area contributed by atoms with Crippen molar-refractivity contribution in [3.05, 3.63) is 108 Å². The van der Waals surface area contributed by atoms with Gasteiger partial charge in [-0.05, 0) is 79.5 Å². The third-order valence-corrected chi connectivity index (χ3v) is 6.59. The van der Waals surface area contributed by atoms with Crippen LogP contribution < -0.4 is 0 Å². The maximum atomic E-state index is 2.30. The van der Waals surface area contributed by atoms with Gasteiger partial charge in [0.05, 0.1) is 0 Å². The van der Waals surface area contributed by atoms with Crippen molar-refractivity contribution in [3.8, 4) is 22.3 Å². The number of aryl methyl sites for hydroxylation is 1. The van der Waals surface area contributed by atoms with Crippen LogP contribution in [0.3, 0.4) is 0 Å². The summed E-state index contributed by atoms with van der Waals surface area (Å²) < 4.78 is 0. The summed E-state index contributed by atoms with van der Waals surface area (Å²) in [7, 11) is 0. The van der Waals surface area contributed by atoms with E-state index in [0.29, 0.717) is 0 Å². The Balaban J connectivity index is 1.68. The minimum absolute atomic E-state index is 1.31. The summed E-state index contributed by atoms with van der Waals surface area (Å²) in [4.78, 5) is 0. The molecule has 30 heavy (non-hydrogen) atoms. The fraction of sp³-hybridized carbons (Fsp3) is 0.0667. The first kappa shape index (κ1) is 17.2. The van der Waals surface area contributed by atoms with Crippen LogP contribution in [0.15, 0.2) is 97.1 Å². The molecule has 0 heteroatoms. The highest BCUT2D eigenvalue weighted by Crippen LogP contribution is 2.41. The molecule has 0 aliphatic carbocycles. The first-order valence-electron chi connectivity index (χ1n) is 10.5. The van der Waals surface area contributed by atoms with Crippen molar-refractivity contribution in [2.75, 3.05) is 0 Å². The molecule has 142 valence electrons. The van der Waals surface area contributed by atoms with E-state index in [1.165, 1.54) is 65.7 Å². The molecular weight excluding hydrogens is 360 g/mol. The predicted octanol–water partition coefficient (Wildman–Crippen LogP) is 8.53. The summed E-state index contributed by atoms with van der Waals surface area (Å²) in [5.74, 6) is 0. The Hall–Kier alpha value is -3.64. The third kappa shape index (κ3) is 2.40. The van der Waals surface area contributed by atoms with Gasteiger partial charge in [-0.1, -0.05) is 97.1 Å². The van der Waals surface area contributed by atoms with E-state index in [0.717, 1.165) is 0 Å². The van der Waals surface area contributed by atoms with Crippen LogP contribution in [-0.4, -0.2) is 0 Å². The normalized spacial score (nSPS) is 11.7. The Bertz CT molecular complexity index is 1540. The number of hydrogen-bond donors (Lipinski definition) is 0. The monoisotopic (exact) mass is 382 g/mol. The molecular formula is C30H22. The molecule has 6 aromatic rings. The van der Waals surface area contributed by atoms with Crippen molar-refractivity contribution in [1.82, 2.24) is 0 Å². The van der Waals surface area contributed by atoms with Gasteiger partial charge in [0.15, 0.2) is 0 Å². The van der Waals surface area contributed by atoms with Gasteiger partial charge >= 0.3 is 0 Å². The molecule has 0 aromatic heterocycles. The van der Waals surface area contributed by atoms with Crippen LogP contribution in [0.2, 0.25) is 0 Å². The van der Waals surface area contributed by atoms with Crippen molar-refractivity contribution < 1.29 is 0 Å². The molecule has 0 nitrogen and oxygen atoms in total. The Morgan fingerprint density at radius 2 is 0.967 bits per heavy atom. The van der Waals surface area contributed by atoms with Gasteiger partial charge in [-0.2, -0.15) is 0 Å². The molecule has 0 spiro atoms. The maximum Gasteiger partial charge on any atom is -0.00206 e. The Morgan fingerprint density at radius 3 is 1.73 bits per heavy atom. The van der Waals surface area contributed by atoms with Gasteiger partial charge in [0.2, 0.25) is 0 Å². The summed E-state index contributed by atoms with van der Waals surface area (Å²) in [6.45, 7) is 4.45. The summed E-state index contributed by atoms with van der Waals surface area (Å²) in [5.41, 5.74) is 7.91. The van der Waals surface area contributed by atoms with Gasteiger partial charge < -0.3 is 0 Å². The number of benzene rings is 6. The van der Waals surface area contributed by atoms with Crippen LogP contribution in [0.5, 0.6) is 0 Å². The van der Waals surface area contributed by atoms with Gasteiger partial charge in [-0.25, -0.2) is 0 Å². The zero-order valence-corrected chi connectivity index (χ0v) is 17.2. The van der Waals surface area contributed by atoms with Crippen molar-refractivity contribution >= 4 is 32.3 Å². The highest BCUT2D eigenvalue weighted by molar-refractivity contribution is 6.25.